The lowest BCUT2D eigenvalue weighted by Crippen LogP contribution is -2.36. The van der Waals surface area contributed by atoms with Gasteiger partial charge < -0.3 is 4.74 Å². The molecule has 0 N–H and O–H groups in total. The summed E-state index contributed by atoms with van der Waals surface area (Å²) in [6.45, 7) is 0. The maximum absolute atomic E-state index is 12.9. The van der Waals surface area contributed by atoms with Crippen molar-refractivity contribution < 1.29 is 32.3 Å². The number of alkyl halides is 3. The van der Waals surface area contributed by atoms with E-state index in [9.17, 15) is 27.6 Å². The molecule has 156 valence electrons. The summed E-state index contributed by atoms with van der Waals surface area (Å²) in [5, 5.41) is -0.0266. The van der Waals surface area contributed by atoms with Crippen LogP contribution in [0.15, 0.2) is 66.7 Å². The van der Waals surface area contributed by atoms with Crippen molar-refractivity contribution in [2.75, 3.05) is 0 Å². The van der Waals surface area contributed by atoms with Crippen LogP contribution < -0.4 is 4.74 Å². The summed E-state index contributed by atoms with van der Waals surface area (Å²) in [7, 11) is 0. The van der Waals surface area contributed by atoms with E-state index in [1.807, 2.05) is 0 Å². The highest BCUT2D eigenvalue weighted by molar-refractivity contribution is 6.37. The van der Waals surface area contributed by atoms with E-state index in [1.165, 1.54) is 30.3 Å². The molecule has 0 bridgehead atoms. The number of nitrogens with zero attached hydrogens (tertiary/aromatic N) is 1. The summed E-state index contributed by atoms with van der Waals surface area (Å²) in [5.74, 6) is -2.29. The number of hydrogen-bond acceptors (Lipinski definition) is 4. The second-order valence-corrected chi connectivity index (χ2v) is 6.97. The first-order chi connectivity index (χ1) is 14.7. The zero-order chi connectivity index (χ0) is 22.3. The third-order valence-electron chi connectivity index (χ3n) is 4.58. The maximum atomic E-state index is 12.9. The lowest BCUT2D eigenvalue weighted by Gasteiger charge is -2.14. The fourth-order valence-corrected chi connectivity index (χ4v) is 3.27. The molecule has 3 amide bonds. The predicted octanol–water partition coefficient (Wildman–Crippen LogP) is 5.59. The Labute approximate surface area is 178 Å². The van der Waals surface area contributed by atoms with Gasteiger partial charge in [0.1, 0.15) is 11.5 Å². The summed E-state index contributed by atoms with van der Waals surface area (Å²) in [4.78, 5) is 38.5. The molecule has 0 saturated carbocycles. The summed E-state index contributed by atoms with van der Waals surface area (Å²) in [6.07, 6.45) is -4.48. The molecule has 4 rings (SSSR count). The van der Waals surface area contributed by atoms with Gasteiger partial charge in [-0.1, -0.05) is 23.7 Å². The van der Waals surface area contributed by atoms with Gasteiger partial charge in [-0.2, -0.15) is 13.2 Å². The number of rotatable bonds is 3. The normalized spacial score (nSPS) is 13.4. The molecule has 1 aliphatic heterocycles. The highest BCUT2D eigenvalue weighted by Crippen LogP contribution is 2.33. The molecule has 0 atom stereocenters. The van der Waals surface area contributed by atoms with Gasteiger partial charge in [0.05, 0.1) is 27.3 Å². The lowest BCUT2D eigenvalue weighted by atomic mass is 10.1. The van der Waals surface area contributed by atoms with Crippen LogP contribution in [0.2, 0.25) is 5.02 Å². The standard InChI is InChI=1S/C22H11ClF3NO4/c23-18-10-9-14(31-13-7-5-12(6-8-13)22(24,25)26)11-17(18)21(30)27-19(28)15-3-1-2-4-16(15)20(27)29/h1-11H. The van der Waals surface area contributed by atoms with Crippen LogP contribution in [-0.4, -0.2) is 22.6 Å². The fraction of sp³-hybridized carbons (Fsp3) is 0.0455. The van der Waals surface area contributed by atoms with Crippen LogP contribution >= 0.6 is 11.6 Å². The molecular formula is C22H11ClF3NO4. The largest absolute Gasteiger partial charge is 0.457 e. The number of ether oxygens (including phenoxy) is 1. The van der Waals surface area contributed by atoms with Crippen LogP contribution in [0.25, 0.3) is 0 Å². The van der Waals surface area contributed by atoms with Crippen molar-refractivity contribution in [3.63, 3.8) is 0 Å². The van der Waals surface area contributed by atoms with Gasteiger partial charge in [0.15, 0.2) is 0 Å². The summed E-state index contributed by atoms with van der Waals surface area (Å²) in [6, 6.07) is 13.9. The zero-order valence-corrected chi connectivity index (χ0v) is 16.2. The number of hydrogen-bond donors (Lipinski definition) is 0. The van der Waals surface area contributed by atoms with E-state index < -0.39 is 29.5 Å². The molecular weight excluding hydrogens is 435 g/mol. The van der Waals surface area contributed by atoms with Crippen LogP contribution in [0.3, 0.4) is 0 Å². The molecule has 0 aliphatic carbocycles. The summed E-state index contributed by atoms with van der Waals surface area (Å²) >= 11 is 6.10. The van der Waals surface area contributed by atoms with Gasteiger partial charge in [-0.15, -0.1) is 0 Å². The van der Waals surface area contributed by atoms with Crippen molar-refractivity contribution in [3.8, 4) is 11.5 Å². The minimum absolute atomic E-state index is 0.0266. The van der Waals surface area contributed by atoms with Gasteiger partial charge in [-0.25, -0.2) is 4.90 Å². The van der Waals surface area contributed by atoms with Crippen molar-refractivity contribution >= 4 is 29.3 Å². The van der Waals surface area contributed by atoms with Crippen molar-refractivity contribution in [2.24, 2.45) is 0 Å². The van der Waals surface area contributed by atoms with Gasteiger partial charge in [0.2, 0.25) is 0 Å². The highest BCUT2D eigenvalue weighted by Gasteiger charge is 2.40. The third-order valence-corrected chi connectivity index (χ3v) is 4.91. The molecule has 3 aromatic carbocycles. The molecule has 0 radical (unpaired) electrons. The molecule has 1 heterocycles. The Morgan fingerprint density at radius 2 is 1.39 bits per heavy atom. The van der Waals surface area contributed by atoms with E-state index in [2.05, 4.69) is 0 Å². The van der Waals surface area contributed by atoms with E-state index in [0.717, 1.165) is 24.3 Å². The Morgan fingerprint density at radius 3 is 1.94 bits per heavy atom. The van der Waals surface area contributed by atoms with Crippen molar-refractivity contribution in [2.45, 2.75) is 6.18 Å². The van der Waals surface area contributed by atoms with Crippen molar-refractivity contribution in [1.82, 2.24) is 4.90 Å². The Morgan fingerprint density at radius 1 is 0.839 bits per heavy atom. The van der Waals surface area contributed by atoms with E-state index in [0.29, 0.717) is 4.90 Å². The zero-order valence-electron chi connectivity index (χ0n) is 15.4. The summed E-state index contributed by atoms with van der Waals surface area (Å²) < 4.78 is 43.6. The maximum Gasteiger partial charge on any atom is 0.416 e. The first kappa shape index (κ1) is 20.6. The molecule has 0 spiro atoms. The number of fused-ring (bicyclic) bond motifs is 1. The number of benzene rings is 3. The van der Waals surface area contributed by atoms with Gasteiger partial charge in [-0.05, 0) is 54.6 Å². The number of amides is 3. The molecule has 1 aliphatic rings. The SMILES string of the molecule is O=C(c1cc(Oc2ccc(C(F)(F)F)cc2)ccc1Cl)N1C(=O)c2ccccc2C1=O. The second-order valence-electron chi connectivity index (χ2n) is 6.56. The van der Waals surface area contributed by atoms with Crippen LogP contribution in [-0.2, 0) is 6.18 Å². The van der Waals surface area contributed by atoms with Gasteiger partial charge in [-0.3, -0.25) is 14.4 Å². The van der Waals surface area contributed by atoms with Crippen LogP contribution in [0, 0.1) is 0 Å². The number of halogens is 4. The first-order valence-corrected chi connectivity index (χ1v) is 9.21. The predicted molar refractivity (Wildman–Crippen MR) is 104 cm³/mol. The minimum atomic E-state index is -4.48. The van der Waals surface area contributed by atoms with Gasteiger partial charge >= 0.3 is 6.18 Å². The third kappa shape index (κ3) is 3.77. The molecule has 3 aromatic rings. The van der Waals surface area contributed by atoms with Crippen LogP contribution in [0.5, 0.6) is 11.5 Å². The fourth-order valence-electron chi connectivity index (χ4n) is 3.07. The van der Waals surface area contributed by atoms with E-state index >= 15 is 0 Å². The number of imide groups is 3. The van der Waals surface area contributed by atoms with E-state index in [1.54, 1.807) is 12.1 Å². The van der Waals surface area contributed by atoms with Crippen molar-refractivity contribution in [1.29, 1.82) is 0 Å². The topological polar surface area (TPSA) is 63.7 Å². The van der Waals surface area contributed by atoms with E-state index in [-0.39, 0.29) is 33.2 Å². The second kappa shape index (κ2) is 7.55. The first-order valence-electron chi connectivity index (χ1n) is 8.83. The Balaban J connectivity index is 1.61. The molecule has 0 fully saturated rings. The Hall–Kier alpha value is -3.65. The molecule has 0 aromatic heterocycles. The van der Waals surface area contributed by atoms with Crippen molar-refractivity contribution in [3.05, 3.63) is 94.0 Å². The van der Waals surface area contributed by atoms with Crippen LogP contribution in [0.1, 0.15) is 36.6 Å². The van der Waals surface area contributed by atoms with Gasteiger partial charge in [0, 0.05) is 0 Å². The molecule has 9 heteroatoms. The quantitative estimate of drug-likeness (QED) is 0.493. The average Bonchev–Trinajstić information content (AvgIpc) is 2.99. The number of carbonyl (C=O) groups excluding carboxylic acids is 3. The average molecular weight is 446 g/mol. The smallest absolute Gasteiger partial charge is 0.416 e. The number of carbonyl (C=O) groups is 3. The molecule has 5 nitrogen and oxygen atoms in total. The molecule has 0 saturated heterocycles. The molecule has 31 heavy (non-hydrogen) atoms. The minimum Gasteiger partial charge on any atom is -0.457 e. The molecule has 0 unspecified atom stereocenters. The monoisotopic (exact) mass is 445 g/mol. The Kier molecular flexibility index (Phi) is 5.02. The summed E-state index contributed by atoms with van der Waals surface area (Å²) in [5.41, 5.74) is -0.790. The van der Waals surface area contributed by atoms with Crippen LogP contribution in [0.4, 0.5) is 13.2 Å². The van der Waals surface area contributed by atoms with Gasteiger partial charge in [0.25, 0.3) is 17.7 Å². The Bertz CT molecular complexity index is 1190. The lowest BCUT2D eigenvalue weighted by molar-refractivity contribution is -0.137. The highest BCUT2D eigenvalue weighted by atomic mass is 35.5. The van der Waals surface area contributed by atoms with E-state index in [4.69, 9.17) is 16.3 Å².